The standard InChI is InChI=1S/C27H45Se/c1-18(2)7-6-8-19(3)23-11-12-24-22-10-9-20-17-21(28)13-15-26(20,4)25(22)14-16-27(23,24)5/h9,18-19,21-25H,6-8,10-17H2,1-5H3/t19-,21+,22+,23-,24+,25+,26+,27-/m1/s1. The Labute approximate surface area is 183 Å². The molecular weight excluding hydrogens is 403 g/mol. The Balaban J connectivity index is 1.49. The molecule has 0 aromatic heterocycles. The summed E-state index contributed by atoms with van der Waals surface area (Å²) in [6.07, 6.45) is 18.7. The molecule has 1 heteroatoms. The van der Waals surface area contributed by atoms with Crippen LogP contribution in [0.3, 0.4) is 0 Å². The van der Waals surface area contributed by atoms with Crippen LogP contribution < -0.4 is 0 Å². The van der Waals surface area contributed by atoms with E-state index in [0.29, 0.717) is 10.8 Å². The Bertz CT molecular complexity index is 591. The molecule has 3 fully saturated rings. The van der Waals surface area contributed by atoms with Crippen molar-refractivity contribution in [3.05, 3.63) is 11.6 Å². The van der Waals surface area contributed by atoms with Crippen molar-refractivity contribution in [1.29, 1.82) is 0 Å². The Kier molecular flexibility index (Phi) is 6.19. The average Bonchev–Trinajstić information content (AvgIpc) is 2.99. The Morgan fingerprint density at radius 2 is 1.79 bits per heavy atom. The minimum atomic E-state index is 0.533. The first kappa shape index (κ1) is 21.5. The van der Waals surface area contributed by atoms with Gasteiger partial charge >= 0.3 is 158 Å². The summed E-state index contributed by atoms with van der Waals surface area (Å²) in [6, 6.07) is 0. The molecule has 0 aromatic rings. The van der Waals surface area contributed by atoms with Crippen LogP contribution >= 0.6 is 0 Å². The van der Waals surface area contributed by atoms with Crippen LogP contribution in [-0.2, 0) is 0 Å². The molecular formula is C27H45Se. The van der Waals surface area contributed by atoms with E-state index in [2.05, 4.69) is 56.7 Å². The van der Waals surface area contributed by atoms with Crippen LogP contribution in [0.25, 0.3) is 0 Å². The second kappa shape index (κ2) is 8.07. The van der Waals surface area contributed by atoms with Crippen molar-refractivity contribution < 1.29 is 0 Å². The van der Waals surface area contributed by atoms with Gasteiger partial charge in [0.1, 0.15) is 0 Å². The molecule has 0 bridgehead atoms. The molecule has 3 saturated carbocycles. The van der Waals surface area contributed by atoms with Gasteiger partial charge in [0.2, 0.25) is 0 Å². The molecule has 28 heavy (non-hydrogen) atoms. The summed E-state index contributed by atoms with van der Waals surface area (Å²) in [7, 11) is 0. The third-order valence-electron chi connectivity index (χ3n) is 10.3. The van der Waals surface area contributed by atoms with E-state index < -0.39 is 0 Å². The molecule has 0 amide bonds. The van der Waals surface area contributed by atoms with Gasteiger partial charge in [-0.25, -0.2) is 0 Å². The zero-order valence-corrected chi connectivity index (χ0v) is 21.0. The minimum absolute atomic E-state index is 0.533. The van der Waals surface area contributed by atoms with E-state index in [0.717, 1.165) is 40.3 Å². The molecule has 0 heterocycles. The molecule has 0 unspecified atom stereocenters. The molecule has 4 rings (SSSR count). The van der Waals surface area contributed by atoms with Gasteiger partial charge in [-0.3, -0.25) is 0 Å². The van der Waals surface area contributed by atoms with Gasteiger partial charge in [-0.05, 0) is 5.92 Å². The quantitative estimate of drug-likeness (QED) is 0.295. The molecule has 4 aliphatic rings. The number of allylic oxidation sites excluding steroid dienone is 2. The van der Waals surface area contributed by atoms with Crippen molar-refractivity contribution in [3.63, 3.8) is 0 Å². The van der Waals surface area contributed by atoms with Gasteiger partial charge in [-0.15, -0.1) is 0 Å². The van der Waals surface area contributed by atoms with Crippen LogP contribution in [0.5, 0.6) is 0 Å². The van der Waals surface area contributed by atoms with Gasteiger partial charge in [0.05, 0.1) is 0 Å². The van der Waals surface area contributed by atoms with Crippen LogP contribution in [0.1, 0.15) is 105 Å². The summed E-state index contributed by atoms with van der Waals surface area (Å²) in [5.41, 5.74) is 3.01. The van der Waals surface area contributed by atoms with Crippen molar-refractivity contribution in [2.24, 2.45) is 46.3 Å². The summed E-state index contributed by atoms with van der Waals surface area (Å²) in [4.78, 5) is 0.798. The van der Waals surface area contributed by atoms with E-state index in [9.17, 15) is 0 Å². The van der Waals surface area contributed by atoms with Crippen LogP contribution in [-0.4, -0.2) is 16.0 Å². The average molecular weight is 449 g/mol. The number of rotatable bonds is 5. The van der Waals surface area contributed by atoms with E-state index in [1.807, 2.05) is 5.57 Å². The van der Waals surface area contributed by atoms with Crippen molar-refractivity contribution in [1.82, 2.24) is 0 Å². The Morgan fingerprint density at radius 1 is 1.00 bits per heavy atom. The zero-order valence-electron chi connectivity index (χ0n) is 19.3. The van der Waals surface area contributed by atoms with Crippen molar-refractivity contribution in [2.45, 2.75) is 110 Å². The first-order valence-corrected chi connectivity index (χ1v) is 13.6. The van der Waals surface area contributed by atoms with Gasteiger partial charge < -0.3 is 0 Å². The predicted octanol–water partition coefficient (Wildman–Crippen LogP) is 7.98. The molecule has 159 valence electrons. The second-order valence-corrected chi connectivity index (χ2v) is 13.6. The third-order valence-corrected chi connectivity index (χ3v) is 11.1. The number of hydrogen-bond donors (Lipinski definition) is 0. The number of hydrogen-bond acceptors (Lipinski definition) is 0. The molecule has 8 atom stereocenters. The zero-order chi connectivity index (χ0) is 20.1. The summed E-state index contributed by atoms with van der Waals surface area (Å²) in [5.74, 6) is 5.76. The van der Waals surface area contributed by atoms with Gasteiger partial charge in [-0.2, -0.15) is 0 Å². The molecule has 0 nitrogen and oxygen atoms in total. The third kappa shape index (κ3) is 3.60. The molecule has 0 aromatic carbocycles. The molecule has 0 aliphatic heterocycles. The fourth-order valence-electron chi connectivity index (χ4n) is 8.65. The topological polar surface area (TPSA) is 0 Å². The normalized spacial score (nSPS) is 46.5. The summed E-state index contributed by atoms with van der Waals surface area (Å²) in [5, 5.41) is 0. The van der Waals surface area contributed by atoms with Crippen LogP contribution in [0, 0.1) is 46.3 Å². The number of fused-ring (bicyclic) bond motifs is 5. The van der Waals surface area contributed by atoms with Crippen molar-refractivity contribution >= 4 is 16.0 Å². The van der Waals surface area contributed by atoms with Crippen molar-refractivity contribution in [3.8, 4) is 0 Å². The van der Waals surface area contributed by atoms with E-state index in [4.69, 9.17) is 0 Å². The SMILES string of the molecule is CC(C)CCC[C@@H](C)[C@H]1CC[C@H]2[C@@H]3CC=C4C[C@@H]([Se])CC[C@]4(C)[C@H]3CC[C@]12C. The van der Waals surface area contributed by atoms with Crippen LogP contribution in [0.15, 0.2) is 11.6 Å². The van der Waals surface area contributed by atoms with E-state index in [-0.39, 0.29) is 0 Å². The maximum absolute atomic E-state index is 3.45. The molecule has 4 aliphatic carbocycles. The maximum atomic E-state index is 3.45. The van der Waals surface area contributed by atoms with Crippen LogP contribution in [0.4, 0.5) is 0 Å². The second-order valence-electron chi connectivity index (χ2n) is 12.2. The Hall–Kier alpha value is 0.259. The predicted molar refractivity (Wildman–Crippen MR) is 123 cm³/mol. The molecule has 1 radical (unpaired) electrons. The van der Waals surface area contributed by atoms with Gasteiger partial charge in [0, 0.05) is 0 Å². The monoisotopic (exact) mass is 449 g/mol. The molecule has 0 N–H and O–H groups in total. The van der Waals surface area contributed by atoms with E-state index in [1.165, 1.54) is 70.6 Å². The van der Waals surface area contributed by atoms with Crippen LogP contribution in [0.2, 0.25) is 4.82 Å². The van der Waals surface area contributed by atoms with Gasteiger partial charge in [0.15, 0.2) is 0 Å². The first-order chi connectivity index (χ1) is 13.3. The first-order valence-electron chi connectivity index (χ1n) is 12.6. The summed E-state index contributed by atoms with van der Waals surface area (Å²) < 4.78 is 0. The van der Waals surface area contributed by atoms with E-state index in [1.54, 1.807) is 0 Å². The summed E-state index contributed by atoms with van der Waals surface area (Å²) >= 11 is 3.45. The van der Waals surface area contributed by atoms with Gasteiger partial charge in [0.25, 0.3) is 0 Å². The fourth-order valence-corrected chi connectivity index (χ4v) is 9.28. The molecule has 0 spiro atoms. The Morgan fingerprint density at radius 3 is 2.54 bits per heavy atom. The fraction of sp³-hybridized carbons (Fsp3) is 0.926. The van der Waals surface area contributed by atoms with Crippen molar-refractivity contribution in [2.75, 3.05) is 0 Å². The van der Waals surface area contributed by atoms with E-state index >= 15 is 0 Å². The summed E-state index contributed by atoms with van der Waals surface area (Å²) in [6.45, 7) is 12.8. The van der Waals surface area contributed by atoms with Gasteiger partial charge in [-0.1, -0.05) is 20.3 Å². The molecule has 0 saturated heterocycles.